The van der Waals surface area contributed by atoms with Crippen molar-refractivity contribution in [1.29, 1.82) is 0 Å². The lowest BCUT2D eigenvalue weighted by Gasteiger charge is -2.48. The van der Waals surface area contributed by atoms with E-state index in [0.29, 0.717) is 32.4 Å². The second kappa shape index (κ2) is 12.7. The Morgan fingerprint density at radius 1 is 0.444 bits per heavy atom. The van der Waals surface area contributed by atoms with Gasteiger partial charge in [-0.25, -0.2) is 0 Å². The Morgan fingerprint density at radius 3 is 1.24 bits per heavy atom. The molecule has 12 rings (SSSR count). The van der Waals surface area contributed by atoms with Crippen LogP contribution in [-0.4, -0.2) is 27.3 Å². The van der Waals surface area contributed by atoms with Crippen LogP contribution in [0.1, 0.15) is 36.1 Å². The van der Waals surface area contributed by atoms with E-state index in [2.05, 4.69) is 0 Å². The summed E-state index contributed by atoms with van der Waals surface area (Å²) in [5.74, 6) is -15.1. The number of benzene rings is 6. The fourth-order valence-corrected chi connectivity index (χ4v) is 13.8. The molecule has 2 nitrogen and oxygen atoms in total. The molecule has 0 N–H and O–H groups in total. The quantitative estimate of drug-likeness (QED) is 0.164. The molecule has 0 bridgehead atoms. The SMILES string of the molecule is C[C@]12SC(C3(c4ccccc4)C=Cc4c(ccc5ccccc45)O3)=CC1=C1C(=C3C=C(C4(c5ccccc5)C=Cc5c(ccc6ccccc56)O4)S[C@@]32C)C(F)(F)C(F)(F)C1(F)F. The van der Waals surface area contributed by atoms with Crippen LogP contribution in [0.5, 0.6) is 11.5 Å². The molecule has 10 heteroatoms. The molecule has 4 atom stereocenters. The summed E-state index contributed by atoms with van der Waals surface area (Å²) in [6, 6.07) is 41.7. The van der Waals surface area contributed by atoms with Gasteiger partial charge in [0.15, 0.2) is 11.2 Å². The van der Waals surface area contributed by atoms with Crippen LogP contribution < -0.4 is 9.47 Å². The molecule has 1 fully saturated rings. The van der Waals surface area contributed by atoms with Gasteiger partial charge >= 0.3 is 17.8 Å². The zero-order valence-corrected chi connectivity index (χ0v) is 35.2. The van der Waals surface area contributed by atoms with Crippen molar-refractivity contribution in [3.63, 3.8) is 0 Å². The number of alkyl halides is 6. The second-order valence-electron chi connectivity index (χ2n) is 17.1. The van der Waals surface area contributed by atoms with E-state index in [0.717, 1.165) is 32.7 Å². The van der Waals surface area contributed by atoms with Crippen LogP contribution in [0.4, 0.5) is 26.3 Å². The number of fused-ring (bicyclic) bond motifs is 10. The summed E-state index contributed by atoms with van der Waals surface area (Å²) in [7, 11) is 0. The first-order chi connectivity index (χ1) is 30.2. The molecule has 0 aromatic heterocycles. The Bertz CT molecular complexity index is 2990. The van der Waals surface area contributed by atoms with Crippen LogP contribution in [0.25, 0.3) is 33.7 Å². The van der Waals surface area contributed by atoms with Crippen molar-refractivity contribution in [2.75, 3.05) is 0 Å². The third kappa shape index (κ3) is 4.80. The first-order valence-electron chi connectivity index (χ1n) is 20.5. The molecule has 0 spiro atoms. The number of rotatable bonds is 4. The van der Waals surface area contributed by atoms with Crippen LogP contribution in [0.3, 0.4) is 0 Å². The minimum absolute atomic E-state index is 0.282. The normalized spacial score (nSPS) is 29.0. The number of hydrogen-bond acceptors (Lipinski definition) is 4. The second-order valence-corrected chi connectivity index (χ2v) is 20.0. The van der Waals surface area contributed by atoms with E-state index in [4.69, 9.17) is 9.47 Å². The molecule has 6 aromatic rings. The summed E-state index contributed by atoms with van der Waals surface area (Å²) >= 11 is 2.38. The zero-order valence-electron chi connectivity index (χ0n) is 33.6. The molecule has 4 aliphatic heterocycles. The van der Waals surface area contributed by atoms with Crippen molar-refractivity contribution in [3.8, 4) is 11.5 Å². The summed E-state index contributed by atoms with van der Waals surface area (Å²) < 4.78 is 110. The van der Waals surface area contributed by atoms with Crippen LogP contribution in [0.15, 0.2) is 190 Å². The molecule has 2 unspecified atom stereocenters. The third-order valence-corrected chi connectivity index (χ3v) is 17.3. The summed E-state index contributed by atoms with van der Waals surface area (Å²) in [4.78, 5) is 0.790. The zero-order chi connectivity index (χ0) is 43.4. The molecule has 4 heterocycles. The molecule has 0 saturated heterocycles. The highest BCUT2D eigenvalue weighted by Crippen LogP contribution is 2.76. The molecule has 2 aliphatic carbocycles. The Balaban J connectivity index is 1.07. The molecule has 63 heavy (non-hydrogen) atoms. The van der Waals surface area contributed by atoms with Crippen LogP contribution in [0, 0.1) is 0 Å². The van der Waals surface area contributed by atoms with Crippen LogP contribution >= 0.6 is 23.5 Å². The van der Waals surface area contributed by atoms with Crippen molar-refractivity contribution in [2.45, 2.75) is 52.3 Å². The van der Waals surface area contributed by atoms with E-state index in [1.165, 1.54) is 35.7 Å². The van der Waals surface area contributed by atoms with E-state index >= 15 is 26.3 Å². The number of ether oxygens (including phenoxy) is 2. The van der Waals surface area contributed by atoms with E-state index in [-0.39, 0.29) is 11.1 Å². The van der Waals surface area contributed by atoms with Crippen molar-refractivity contribution in [3.05, 3.63) is 212 Å². The average molecular weight is 881 g/mol. The van der Waals surface area contributed by atoms with Gasteiger partial charge in [-0.1, -0.05) is 121 Å². The first kappa shape index (κ1) is 38.8. The molecular formula is C53H34F6O2S2. The highest BCUT2D eigenvalue weighted by molar-refractivity contribution is 8.09. The summed E-state index contributed by atoms with van der Waals surface area (Å²) in [5.41, 5.74) is -3.22. The summed E-state index contributed by atoms with van der Waals surface area (Å²) in [6.07, 6.45) is 10.4. The summed E-state index contributed by atoms with van der Waals surface area (Å²) in [5, 5.41) is 3.86. The van der Waals surface area contributed by atoms with Gasteiger partial charge in [0.25, 0.3) is 0 Å². The average Bonchev–Trinajstić information content (AvgIpc) is 3.90. The Labute approximate surface area is 367 Å². The predicted octanol–water partition coefficient (Wildman–Crippen LogP) is 14.6. The van der Waals surface area contributed by atoms with Crippen molar-refractivity contribution in [1.82, 2.24) is 0 Å². The third-order valence-electron chi connectivity index (χ3n) is 13.8. The van der Waals surface area contributed by atoms with Gasteiger partial charge in [-0.3, -0.25) is 0 Å². The topological polar surface area (TPSA) is 18.5 Å². The number of thioether (sulfide) groups is 2. The Morgan fingerprint density at radius 2 is 0.825 bits per heavy atom. The number of hydrogen-bond donors (Lipinski definition) is 0. The van der Waals surface area contributed by atoms with E-state index < -0.39 is 49.6 Å². The number of halogens is 6. The largest absolute Gasteiger partial charge is 0.472 e. The molecule has 6 aromatic carbocycles. The van der Waals surface area contributed by atoms with Gasteiger partial charge in [0, 0.05) is 43.2 Å². The lowest BCUT2D eigenvalue weighted by Crippen LogP contribution is -2.49. The maximum atomic E-state index is 16.7. The molecule has 1 saturated carbocycles. The van der Waals surface area contributed by atoms with Crippen molar-refractivity contribution < 1.29 is 35.8 Å². The highest BCUT2D eigenvalue weighted by Gasteiger charge is 2.84. The van der Waals surface area contributed by atoms with Gasteiger partial charge in [0.1, 0.15) is 11.5 Å². The van der Waals surface area contributed by atoms with Crippen molar-refractivity contribution in [2.24, 2.45) is 0 Å². The van der Waals surface area contributed by atoms with Crippen LogP contribution in [-0.2, 0) is 11.2 Å². The summed E-state index contributed by atoms with van der Waals surface area (Å²) in [6.45, 7) is 3.41. The molecule has 0 amide bonds. The van der Waals surface area contributed by atoms with Gasteiger partial charge in [-0.05, 0) is 95.1 Å². The standard InChI is InChI=1S/C53H34F6O2S2/c1-47-39(29-43(62-47)49(33-15-5-3-6-16-33)27-25-37-35-19-11-9-13-31(35)21-23-41(37)60-49)45-46(52(56,57)53(58,59)51(45,54)55)40-30-44(63-48(40,47)2)50(34-17-7-4-8-18-34)28-26-38-36-20-12-10-14-32(36)22-24-42(38)61-50/h3-30H,1-2H3/t47-,48-,49?,50?/m0/s1. The molecule has 6 aliphatic rings. The van der Waals surface area contributed by atoms with Gasteiger partial charge < -0.3 is 9.47 Å². The minimum Gasteiger partial charge on any atom is -0.472 e. The monoisotopic (exact) mass is 880 g/mol. The molecular weight excluding hydrogens is 847 g/mol. The Kier molecular flexibility index (Phi) is 7.80. The fourth-order valence-electron chi connectivity index (χ4n) is 10.4. The maximum absolute atomic E-state index is 16.7. The van der Waals surface area contributed by atoms with Gasteiger partial charge in [-0.2, -0.15) is 26.3 Å². The van der Waals surface area contributed by atoms with Crippen molar-refractivity contribution >= 4 is 57.2 Å². The lowest BCUT2D eigenvalue weighted by atomic mass is 9.71. The maximum Gasteiger partial charge on any atom is 0.380 e. The fraction of sp³-hybridized carbons (Fsp3) is 0.170. The van der Waals surface area contributed by atoms with E-state index in [1.807, 2.05) is 158 Å². The molecule has 0 radical (unpaired) electrons. The van der Waals surface area contributed by atoms with Gasteiger partial charge in [0.05, 0.1) is 9.49 Å². The number of allylic oxidation sites excluding steroid dienone is 4. The smallest absolute Gasteiger partial charge is 0.380 e. The Hall–Kier alpha value is -5.84. The minimum atomic E-state index is -5.73. The van der Waals surface area contributed by atoms with Gasteiger partial charge in [-0.15, -0.1) is 23.5 Å². The van der Waals surface area contributed by atoms with Gasteiger partial charge in [0.2, 0.25) is 0 Å². The molecule has 312 valence electrons. The first-order valence-corrected chi connectivity index (χ1v) is 22.2. The highest BCUT2D eigenvalue weighted by atomic mass is 32.2. The lowest BCUT2D eigenvalue weighted by molar-refractivity contribution is -0.258. The van der Waals surface area contributed by atoms with E-state index in [1.54, 1.807) is 13.8 Å². The predicted molar refractivity (Wildman–Crippen MR) is 241 cm³/mol. The van der Waals surface area contributed by atoms with E-state index in [9.17, 15) is 0 Å². The van der Waals surface area contributed by atoms with Crippen LogP contribution in [0.2, 0.25) is 0 Å².